The summed E-state index contributed by atoms with van der Waals surface area (Å²) >= 11 is 0. The van der Waals surface area contributed by atoms with Crippen LogP contribution in [0.3, 0.4) is 0 Å². The maximum absolute atomic E-state index is 12.5. The van der Waals surface area contributed by atoms with Crippen LogP contribution in [0.1, 0.15) is 42.4 Å². The SMILES string of the molecule is CCc1c(C(=O)NC(C)C(C)CO)cnn1Cc1ccccc1. The van der Waals surface area contributed by atoms with Gasteiger partial charge in [0.25, 0.3) is 5.91 Å². The number of amides is 1. The minimum atomic E-state index is -0.131. The van der Waals surface area contributed by atoms with Gasteiger partial charge in [0.05, 0.1) is 24.0 Å². The lowest BCUT2D eigenvalue weighted by atomic mass is 10.0. The molecular formula is C18H25N3O2. The zero-order chi connectivity index (χ0) is 16.8. The van der Waals surface area contributed by atoms with E-state index in [9.17, 15) is 9.90 Å². The molecule has 0 saturated carbocycles. The third kappa shape index (κ3) is 4.20. The fourth-order valence-corrected chi connectivity index (χ4v) is 2.45. The Hall–Kier alpha value is -2.14. The molecule has 0 bridgehead atoms. The predicted octanol–water partition coefficient (Wildman–Crippen LogP) is 2.24. The molecule has 0 saturated heterocycles. The average Bonchev–Trinajstić information content (AvgIpc) is 2.97. The molecule has 0 radical (unpaired) electrons. The van der Waals surface area contributed by atoms with Crippen LogP contribution in [0.5, 0.6) is 0 Å². The zero-order valence-electron chi connectivity index (χ0n) is 14.0. The van der Waals surface area contributed by atoms with Crippen molar-refractivity contribution in [3.63, 3.8) is 0 Å². The van der Waals surface area contributed by atoms with Crippen molar-refractivity contribution >= 4 is 5.91 Å². The Kier molecular flexibility index (Phi) is 5.93. The third-order valence-electron chi connectivity index (χ3n) is 4.20. The first-order valence-corrected chi connectivity index (χ1v) is 8.07. The molecular weight excluding hydrogens is 290 g/mol. The first-order chi connectivity index (χ1) is 11.1. The lowest BCUT2D eigenvalue weighted by molar-refractivity contribution is 0.0915. The normalized spacial score (nSPS) is 13.6. The van der Waals surface area contributed by atoms with Crippen LogP contribution in [0.4, 0.5) is 0 Å². The van der Waals surface area contributed by atoms with E-state index in [2.05, 4.69) is 10.4 Å². The summed E-state index contributed by atoms with van der Waals surface area (Å²) < 4.78 is 1.88. The summed E-state index contributed by atoms with van der Waals surface area (Å²) in [6.07, 6.45) is 2.37. The van der Waals surface area contributed by atoms with Gasteiger partial charge in [0.1, 0.15) is 0 Å². The van der Waals surface area contributed by atoms with Crippen molar-refractivity contribution in [2.45, 2.75) is 39.8 Å². The predicted molar refractivity (Wildman–Crippen MR) is 90.3 cm³/mol. The molecule has 0 spiro atoms. The first-order valence-electron chi connectivity index (χ1n) is 8.07. The van der Waals surface area contributed by atoms with E-state index in [4.69, 9.17) is 0 Å². The van der Waals surface area contributed by atoms with Crippen molar-refractivity contribution in [2.24, 2.45) is 5.92 Å². The van der Waals surface area contributed by atoms with Crippen LogP contribution in [0.15, 0.2) is 36.5 Å². The van der Waals surface area contributed by atoms with Gasteiger partial charge in [0.15, 0.2) is 0 Å². The fourth-order valence-electron chi connectivity index (χ4n) is 2.45. The van der Waals surface area contributed by atoms with Crippen molar-refractivity contribution in [1.29, 1.82) is 0 Å². The number of aromatic nitrogens is 2. The summed E-state index contributed by atoms with van der Waals surface area (Å²) in [7, 11) is 0. The molecule has 23 heavy (non-hydrogen) atoms. The molecule has 5 nitrogen and oxygen atoms in total. The molecule has 0 aliphatic carbocycles. The van der Waals surface area contributed by atoms with E-state index in [1.165, 1.54) is 0 Å². The number of aliphatic hydroxyl groups is 1. The lowest BCUT2D eigenvalue weighted by Gasteiger charge is -2.19. The van der Waals surface area contributed by atoms with Gasteiger partial charge in [0.2, 0.25) is 0 Å². The van der Waals surface area contributed by atoms with Gasteiger partial charge in [-0.05, 0) is 24.8 Å². The molecule has 0 aliphatic rings. The molecule has 2 atom stereocenters. The maximum Gasteiger partial charge on any atom is 0.254 e. The van der Waals surface area contributed by atoms with Crippen LogP contribution >= 0.6 is 0 Å². The van der Waals surface area contributed by atoms with Crippen molar-refractivity contribution in [2.75, 3.05) is 6.61 Å². The molecule has 124 valence electrons. The summed E-state index contributed by atoms with van der Waals surface area (Å²) in [5.41, 5.74) is 2.69. The summed E-state index contributed by atoms with van der Waals surface area (Å²) in [4.78, 5) is 12.5. The molecule has 1 heterocycles. The average molecular weight is 315 g/mol. The van der Waals surface area contributed by atoms with Crippen LogP contribution < -0.4 is 5.32 Å². The Morgan fingerprint density at radius 1 is 1.30 bits per heavy atom. The first kappa shape index (κ1) is 17.2. The van der Waals surface area contributed by atoms with Crippen LogP contribution in [-0.4, -0.2) is 33.4 Å². The van der Waals surface area contributed by atoms with E-state index >= 15 is 0 Å². The Morgan fingerprint density at radius 2 is 2.00 bits per heavy atom. The van der Waals surface area contributed by atoms with Gasteiger partial charge in [-0.3, -0.25) is 9.48 Å². The number of nitrogens with one attached hydrogen (secondary N) is 1. The zero-order valence-corrected chi connectivity index (χ0v) is 14.0. The summed E-state index contributed by atoms with van der Waals surface area (Å²) in [5, 5.41) is 16.5. The smallest absolute Gasteiger partial charge is 0.254 e. The molecule has 2 unspecified atom stereocenters. The van der Waals surface area contributed by atoms with Crippen LogP contribution in [-0.2, 0) is 13.0 Å². The molecule has 0 aliphatic heterocycles. The number of nitrogens with zero attached hydrogens (tertiary/aromatic N) is 2. The van der Waals surface area contributed by atoms with Gasteiger partial charge in [-0.15, -0.1) is 0 Å². The summed E-state index contributed by atoms with van der Waals surface area (Å²) in [6, 6.07) is 9.98. The van der Waals surface area contributed by atoms with E-state index in [0.717, 1.165) is 17.7 Å². The molecule has 2 rings (SSSR count). The Balaban J connectivity index is 2.15. The summed E-state index contributed by atoms with van der Waals surface area (Å²) in [5.74, 6) is -0.114. The number of aliphatic hydroxyl groups excluding tert-OH is 1. The van der Waals surface area contributed by atoms with Gasteiger partial charge >= 0.3 is 0 Å². The molecule has 1 amide bonds. The maximum atomic E-state index is 12.5. The monoisotopic (exact) mass is 315 g/mol. The van der Waals surface area contributed by atoms with E-state index in [1.807, 2.05) is 55.8 Å². The molecule has 1 aromatic heterocycles. The third-order valence-corrected chi connectivity index (χ3v) is 4.20. The molecule has 2 N–H and O–H groups in total. The summed E-state index contributed by atoms with van der Waals surface area (Å²) in [6.45, 7) is 6.54. The number of rotatable bonds is 7. The highest BCUT2D eigenvalue weighted by Gasteiger charge is 2.20. The molecule has 1 aromatic carbocycles. The van der Waals surface area contributed by atoms with E-state index < -0.39 is 0 Å². The molecule has 2 aromatic rings. The standard InChI is InChI=1S/C18H25N3O2/c1-4-17-16(18(23)20-14(3)13(2)12-22)10-19-21(17)11-15-8-6-5-7-9-15/h5-10,13-14,22H,4,11-12H2,1-3H3,(H,20,23). The van der Waals surface area contributed by atoms with E-state index in [-0.39, 0.29) is 24.5 Å². The number of carbonyl (C=O) groups is 1. The molecule has 0 fully saturated rings. The lowest BCUT2D eigenvalue weighted by Crippen LogP contribution is -2.38. The Labute approximate surface area is 137 Å². The quantitative estimate of drug-likeness (QED) is 0.823. The Bertz CT molecular complexity index is 637. The van der Waals surface area contributed by atoms with Crippen LogP contribution in [0.25, 0.3) is 0 Å². The second-order valence-electron chi connectivity index (χ2n) is 5.92. The second-order valence-corrected chi connectivity index (χ2v) is 5.92. The second kappa shape index (κ2) is 7.92. The van der Waals surface area contributed by atoms with Gasteiger partial charge in [-0.25, -0.2) is 0 Å². The van der Waals surface area contributed by atoms with Gasteiger partial charge < -0.3 is 10.4 Å². The minimum absolute atomic E-state index is 0.0170. The number of hydrogen-bond donors (Lipinski definition) is 2. The van der Waals surface area contributed by atoms with E-state index in [1.54, 1.807) is 6.20 Å². The minimum Gasteiger partial charge on any atom is -0.396 e. The van der Waals surface area contributed by atoms with E-state index in [0.29, 0.717) is 12.1 Å². The number of benzene rings is 1. The highest BCUT2D eigenvalue weighted by atomic mass is 16.3. The van der Waals surface area contributed by atoms with Crippen molar-refractivity contribution in [1.82, 2.24) is 15.1 Å². The molecule has 5 heteroatoms. The fraction of sp³-hybridized carbons (Fsp3) is 0.444. The highest BCUT2D eigenvalue weighted by Crippen LogP contribution is 2.13. The highest BCUT2D eigenvalue weighted by molar-refractivity contribution is 5.95. The van der Waals surface area contributed by atoms with Crippen molar-refractivity contribution in [3.8, 4) is 0 Å². The van der Waals surface area contributed by atoms with Gasteiger partial charge in [-0.1, -0.05) is 44.2 Å². The van der Waals surface area contributed by atoms with Crippen LogP contribution in [0, 0.1) is 5.92 Å². The Morgan fingerprint density at radius 3 is 2.61 bits per heavy atom. The van der Waals surface area contributed by atoms with Gasteiger partial charge in [-0.2, -0.15) is 5.10 Å². The van der Waals surface area contributed by atoms with Crippen molar-refractivity contribution < 1.29 is 9.90 Å². The van der Waals surface area contributed by atoms with Crippen molar-refractivity contribution in [3.05, 3.63) is 53.3 Å². The number of carbonyl (C=O) groups excluding carboxylic acids is 1. The number of hydrogen-bond acceptors (Lipinski definition) is 3. The largest absolute Gasteiger partial charge is 0.396 e. The van der Waals surface area contributed by atoms with Gasteiger partial charge in [0, 0.05) is 12.6 Å². The van der Waals surface area contributed by atoms with Crippen LogP contribution in [0.2, 0.25) is 0 Å². The topological polar surface area (TPSA) is 67.2 Å².